The first-order valence-electron chi connectivity index (χ1n) is 8.25. The summed E-state index contributed by atoms with van der Waals surface area (Å²) in [6.07, 6.45) is -1.04. The van der Waals surface area contributed by atoms with E-state index in [2.05, 4.69) is 15.2 Å². The van der Waals surface area contributed by atoms with Gasteiger partial charge in [0.25, 0.3) is 5.92 Å². The smallest absolute Gasteiger partial charge is 0.322 e. The maximum atomic E-state index is 14.3. The molecule has 0 bridgehead atoms. The van der Waals surface area contributed by atoms with Crippen LogP contribution in [0.3, 0.4) is 0 Å². The molecule has 0 radical (unpaired) electrons. The number of esters is 1. The molecule has 0 aliphatic heterocycles. The summed E-state index contributed by atoms with van der Waals surface area (Å²) >= 11 is 11.6. The van der Waals surface area contributed by atoms with E-state index in [-0.39, 0.29) is 12.1 Å². The number of nitrogens with one attached hydrogen (secondary N) is 1. The van der Waals surface area contributed by atoms with Gasteiger partial charge >= 0.3 is 16.2 Å². The van der Waals surface area contributed by atoms with Crippen molar-refractivity contribution in [2.75, 3.05) is 19.5 Å². The molecule has 1 fully saturated rings. The zero-order valence-electron chi connectivity index (χ0n) is 15.8. The lowest BCUT2D eigenvalue weighted by Gasteiger charge is -2.40. The van der Waals surface area contributed by atoms with E-state index >= 15 is 0 Å². The molecule has 1 aliphatic rings. The van der Waals surface area contributed by atoms with Crippen LogP contribution in [0.1, 0.15) is 17.7 Å². The molecule has 1 atom stereocenters. The molecule has 1 aromatic heterocycles. The molecule has 1 saturated carbocycles. The van der Waals surface area contributed by atoms with Crippen molar-refractivity contribution in [1.82, 2.24) is 9.78 Å². The third-order valence-corrected chi connectivity index (χ3v) is 6.53. The normalized spacial score (nSPS) is 21.8. The van der Waals surface area contributed by atoms with Gasteiger partial charge in [0.05, 0.1) is 22.7 Å². The van der Waals surface area contributed by atoms with Crippen LogP contribution in [0.15, 0.2) is 17.0 Å². The van der Waals surface area contributed by atoms with Gasteiger partial charge < -0.3 is 10.1 Å². The van der Waals surface area contributed by atoms with Gasteiger partial charge in [-0.2, -0.15) is 10.4 Å². The number of anilines is 1. The van der Waals surface area contributed by atoms with Gasteiger partial charge in [0.1, 0.15) is 22.5 Å². The van der Waals surface area contributed by atoms with Crippen molar-refractivity contribution in [3.05, 3.63) is 33.4 Å². The summed E-state index contributed by atoms with van der Waals surface area (Å²) < 4.78 is 99.5. The number of nitrogens with zero attached hydrogens (tertiary/aromatic N) is 3. The number of alkyl halides is 2. The highest BCUT2D eigenvalue weighted by Gasteiger charge is 2.79. The molecule has 16 heteroatoms. The summed E-state index contributed by atoms with van der Waals surface area (Å²) in [5, 5.41) is 13.6. The number of hydrogen-bond donors (Lipinski definition) is 1. The van der Waals surface area contributed by atoms with Gasteiger partial charge in [0.15, 0.2) is 11.1 Å². The maximum absolute atomic E-state index is 14.3. The van der Waals surface area contributed by atoms with E-state index in [1.807, 2.05) is 0 Å². The van der Waals surface area contributed by atoms with E-state index < -0.39 is 71.7 Å². The minimum absolute atomic E-state index is 0.0982. The molecule has 1 unspecified atom stereocenters. The highest BCUT2D eigenvalue weighted by Crippen LogP contribution is 3.02. The van der Waals surface area contributed by atoms with Crippen molar-refractivity contribution in [3.8, 4) is 11.8 Å². The number of benzene rings is 1. The average Bonchev–Trinajstić information content (AvgIpc) is 3.04. The zero-order chi connectivity index (χ0) is 24.6. The Labute approximate surface area is 185 Å². The Balaban J connectivity index is 2.34. The number of aromatic nitrogens is 2. The van der Waals surface area contributed by atoms with Crippen molar-refractivity contribution in [3.63, 3.8) is 0 Å². The van der Waals surface area contributed by atoms with Crippen LogP contribution in [-0.2, 0) is 14.9 Å². The fourth-order valence-corrected chi connectivity index (χ4v) is 4.78. The second-order valence-electron chi connectivity index (χ2n) is 6.83. The molecule has 2 aromatic rings. The van der Waals surface area contributed by atoms with Crippen molar-refractivity contribution in [1.29, 1.82) is 5.26 Å². The largest absolute Gasteiger partial charge is 0.468 e. The number of hydrogen-bond acceptors (Lipinski definition) is 5. The predicted octanol–water partition coefficient (Wildman–Crippen LogP) is 6.20. The van der Waals surface area contributed by atoms with Crippen LogP contribution in [0, 0.1) is 11.3 Å². The van der Waals surface area contributed by atoms with E-state index in [0.717, 1.165) is 7.11 Å². The molecule has 1 N–H and O–H groups in total. The van der Waals surface area contributed by atoms with Gasteiger partial charge in [-0.05, 0) is 12.1 Å². The van der Waals surface area contributed by atoms with Crippen LogP contribution in [0.4, 0.5) is 34.0 Å². The summed E-state index contributed by atoms with van der Waals surface area (Å²) in [6, 6.07) is 1.32. The third-order valence-electron chi connectivity index (χ3n) is 4.82. The van der Waals surface area contributed by atoms with Crippen LogP contribution in [0.2, 0.25) is 10.0 Å². The predicted molar refractivity (Wildman–Crippen MR) is 103 cm³/mol. The molecule has 1 aromatic carbocycles. The first-order valence-corrected chi connectivity index (χ1v) is 11.0. The van der Waals surface area contributed by atoms with Crippen LogP contribution >= 0.6 is 33.4 Å². The Morgan fingerprint density at radius 3 is 2.09 bits per heavy atom. The molecular formula is C16H11Cl2F7N4O2S. The minimum atomic E-state index is -10.2. The molecule has 0 saturated heterocycles. The Morgan fingerprint density at radius 2 is 1.75 bits per heavy atom. The Hall–Kier alpha value is -2.37. The van der Waals surface area contributed by atoms with Crippen molar-refractivity contribution < 1.29 is 37.7 Å². The topological polar surface area (TPSA) is 79.9 Å². The molecular weight excluding hydrogens is 516 g/mol. The zero-order valence-corrected chi connectivity index (χ0v) is 18.2. The van der Waals surface area contributed by atoms with Crippen LogP contribution in [-0.4, -0.2) is 35.8 Å². The summed E-state index contributed by atoms with van der Waals surface area (Å²) in [6.45, 7) is 0. The number of nitriles is 1. The summed E-state index contributed by atoms with van der Waals surface area (Å²) in [5.74, 6) is -5.47. The van der Waals surface area contributed by atoms with Crippen LogP contribution in [0.25, 0.3) is 5.69 Å². The Morgan fingerprint density at radius 1 is 1.25 bits per heavy atom. The number of carbonyl (C=O) groups excluding carboxylic acids is 1. The highest BCUT2D eigenvalue weighted by atomic mass is 35.5. The van der Waals surface area contributed by atoms with E-state index in [9.17, 15) is 38.3 Å². The maximum Gasteiger partial charge on any atom is 0.322 e. The summed E-state index contributed by atoms with van der Waals surface area (Å²) in [4.78, 5) is 9.83. The van der Waals surface area contributed by atoms with Crippen LogP contribution < -0.4 is 5.32 Å². The van der Waals surface area contributed by atoms with E-state index in [0.29, 0.717) is 4.68 Å². The van der Waals surface area contributed by atoms with E-state index in [1.165, 1.54) is 13.1 Å². The van der Waals surface area contributed by atoms with Gasteiger partial charge in [0, 0.05) is 13.5 Å². The molecule has 176 valence electrons. The first-order chi connectivity index (χ1) is 14.3. The third kappa shape index (κ3) is 3.52. The lowest BCUT2D eigenvalue weighted by Crippen LogP contribution is -2.30. The molecule has 1 heterocycles. The van der Waals surface area contributed by atoms with Crippen molar-refractivity contribution >= 4 is 45.2 Å². The molecule has 0 amide bonds. The molecule has 32 heavy (non-hydrogen) atoms. The SMILES string of the molecule is CNc1c(C2(C(=O)OC)CC2(F)F)c(C#N)nn1-c1c(Cl)cc(S(F)(F)(F)(F)F)cc1Cl. The number of halogens is 9. The molecule has 0 spiro atoms. The molecule has 3 rings (SSSR count). The Kier molecular flexibility index (Phi) is 4.82. The number of carbonyl (C=O) groups is 1. The number of rotatable bonds is 5. The van der Waals surface area contributed by atoms with Gasteiger partial charge in [-0.25, -0.2) is 13.5 Å². The minimum Gasteiger partial charge on any atom is -0.468 e. The van der Waals surface area contributed by atoms with Gasteiger partial charge in [0.2, 0.25) is 0 Å². The van der Waals surface area contributed by atoms with Gasteiger partial charge in [-0.3, -0.25) is 4.79 Å². The highest BCUT2D eigenvalue weighted by molar-refractivity contribution is 8.45. The average molecular weight is 527 g/mol. The molecule has 6 nitrogen and oxygen atoms in total. The number of methoxy groups -OCH3 is 1. The quantitative estimate of drug-likeness (QED) is 0.370. The summed E-state index contributed by atoms with van der Waals surface area (Å²) in [5.41, 5.74) is -4.54. The van der Waals surface area contributed by atoms with Crippen LogP contribution in [0.5, 0.6) is 0 Å². The lowest BCUT2D eigenvalue weighted by molar-refractivity contribution is -0.146. The standard InChI is InChI=1S/C16H11Cl2F7N4O2S/c1-27-13-11(15(14(30)31-2)6-16(15,19)20)10(5-26)28-29(13)12-8(17)3-7(4-9(12)18)32(21,22,23,24)25/h3-4,27H,6H2,1-2H3. The fourth-order valence-electron chi connectivity index (χ4n) is 3.32. The fraction of sp³-hybridized carbons (Fsp3) is 0.312. The second-order valence-corrected chi connectivity index (χ2v) is 10.1. The second kappa shape index (κ2) is 6.36. The van der Waals surface area contributed by atoms with Crippen molar-refractivity contribution in [2.24, 2.45) is 0 Å². The number of ether oxygens (including phenoxy) is 1. The van der Waals surface area contributed by atoms with Gasteiger partial charge in [-0.1, -0.05) is 42.6 Å². The van der Waals surface area contributed by atoms with Crippen molar-refractivity contribution in [2.45, 2.75) is 22.7 Å². The van der Waals surface area contributed by atoms with E-state index in [4.69, 9.17) is 23.2 Å². The van der Waals surface area contributed by atoms with E-state index in [1.54, 1.807) is 0 Å². The Bertz CT molecular complexity index is 1190. The lowest BCUT2D eigenvalue weighted by atomic mass is 9.94. The van der Waals surface area contributed by atoms with Gasteiger partial charge in [-0.15, -0.1) is 0 Å². The monoisotopic (exact) mass is 526 g/mol. The first kappa shape index (κ1) is 24.3. The molecule has 1 aliphatic carbocycles. The summed E-state index contributed by atoms with van der Waals surface area (Å²) in [7, 11) is -8.14.